The third kappa shape index (κ3) is 6.87. The van der Waals surface area contributed by atoms with Gasteiger partial charge in [-0.3, -0.25) is 13.9 Å². The molecule has 0 saturated heterocycles. The van der Waals surface area contributed by atoms with E-state index in [1.807, 2.05) is 38.1 Å². The molecule has 4 bridgehead atoms. The first-order valence-electron chi connectivity index (χ1n) is 15.7. The summed E-state index contributed by atoms with van der Waals surface area (Å²) in [6, 6.07) is 14.3. The molecule has 43 heavy (non-hydrogen) atoms. The Morgan fingerprint density at radius 2 is 1.51 bits per heavy atom. The molecule has 0 spiro atoms. The maximum Gasteiger partial charge on any atom is 0.244 e. The minimum atomic E-state index is -3.79. The molecule has 0 aliphatic heterocycles. The summed E-state index contributed by atoms with van der Waals surface area (Å²) in [6.07, 6.45) is 9.65. The first-order chi connectivity index (χ1) is 20.4. The van der Waals surface area contributed by atoms with E-state index >= 15 is 0 Å². The summed E-state index contributed by atoms with van der Waals surface area (Å²) in [5, 5.41) is 2.96. The molecule has 8 nitrogen and oxygen atoms in total. The number of amides is 2. The Balaban J connectivity index is 1.38. The highest BCUT2D eigenvalue weighted by molar-refractivity contribution is 7.92. The van der Waals surface area contributed by atoms with Crippen molar-refractivity contribution in [3.8, 4) is 5.75 Å². The standard InChI is InChI=1S/C34H47N3O5S/c1-6-23(2)35-33(39)24(3)36(21-25-7-13-31(42-4)14-8-25)32(38)22-37(43(5,40)41)30-11-9-29(10-12-30)34-18-26-15-27(19-34)17-28(16-26)20-34/h7-14,23-24,26-28H,6,15-22H2,1-5H3,(H,35,39)/t23-,24+,26?,27?,28?,34?/m0/s1. The van der Waals surface area contributed by atoms with Crippen LogP contribution in [0.25, 0.3) is 0 Å². The quantitative estimate of drug-likeness (QED) is 0.354. The summed E-state index contributed by atoms with van der Waals surface area (Å²) in [4.78, 5) is 28.5. The van der Waals surface area contributed by atoms with Crippen molar-refractivity contribution in [2.24, 2.45) is 17.8 Å². The van der Waals surface area contributed by atoms with E-state index in [0.717, 1.165) is 36.0 Å². The number of nitrogens with one attached hydrogen (secondary N) is 1. The van der Waals surface area contributed by atoms with Crippen molar-refractivity contribution in [2.45, 2.75) is 89.8 Å². The molecule has 2 amide bonds. The lowest BCUT2D eigenvalue weighted by atomic mass is 9.48. The monoisotopic (exact) mass is 609 g/mol. The number of hydrogen-bond acceptors (Lipinski definition) is 5. The molecule has 6 rings (SSSR count). The maximum atomic E-state index is 13.9. The number of carbonyl (C=O) groups is 2. The van der Waals surface area contributed by atoms with E-state index < -0.39 is 28.5 Å². The molecule has 4 fully saturated rings. The van der Waals surface area contributed by atoms with E-state index in [9.17, 15) is 18.0 Å². The normalized spacial score (nSPS) is 25.6. The van der Waals surface area contributed by atoms with E-state index in [0.29, 0.717) is 11.4 Å². The van der Waals surface area contributed by atoms with Crippen LogP contribution in [-0.4, -0.2) is 57.1 Å². The van der Waals surface area contributed by atoms with Crippen molar-refractivity contribution in [1.29, 1.82) is 0 Å². The summed E-state index contributed by atoms with van der Waals surface area (Å²) in [5.41, 5.74) is 2.77. The Hall–Kier alpha value is -3.07. The maximum absolute atomic E-state index is 13.9. The highest BCUT2D eigenvalue weighted by Gasteiger charge is 2.51. The lowest BCUT2D eigenvalue weighted by Crippen LogP contribution is -2.52. The van der Waals surface area contributed by atoms with Crippen LogP contribution in [0, 0.1) is 17.8 Å². The first kappa shape index (κ1) is 31.4. The van der Waals surface area contributed by atoms with Crippen LogP contribution >= 0.6 is 0 Å². The fraction of sp³-hybridized carbons (Fsp3) is 0.588. The zero-order valence-corrected chi connectivity index (χ0v) is 27.0. The van der Waals surface area contributed by atoms with E-state index in [1.54, 1.807) is 26.2 Å². The van der Waals surface area contributed by atoms with Gasteiger partial charge in [0.2, 0.25) is 21.8 Å². The number of methoxy groups -OCH3 is 1. The van der Waals surface area contributed by atoms with Crippen molar-refractivity contribution in [2.75, 3.05) is 24.2 Å². The van der Waals surface area contributed by atoms with Gasteiger partial charge < -0.3 is 15.0 Å². The smallest absolute Gasteiger partial charge is 0.244 e. The number of carbonyl (C=O) groups excluding carboxylic acids is 2. The Kier molecular flexibility index (Phi) is 9.12. The molecule has 4 aliphatic carbocycles. The fourth-order valence-electron chi connectivity index (χ4n) is 8.03. The molecule has 1 N–H and O–H groups in total. The minimum absolute atomic E-state index is 0.0482. The van der Waals surface area contributed by atoms with Crippen LogP contribution in [0.5, 0.6) is 5.75 Å². The minimum Gasteiger partial charge on any atom is -0.497 e. The van der Waals surface area contributed by atoms with Crippen LogP contribution in [0.4, 0.5) is 5.69 Å². The van der Waals surface area contributed by atoms with Crippen LogP contribution in [0.2, 0.25) is 0 Å². The molecule has 4 saturated carbocycles. The van der Waals surface area contributed by atoms with Gasteiger partial charge in [0.15, 0.2) is 0 Å². The summed E-state index contributed by atoms with van der Waals surface area (Å²) >= 11 is 0. The van der Waals surface area contributed by atoms with E-state index in [-0.39, 0.29) is 23.9 Å². The molecule has 4 aliphatic rings. The molecular weight excluding hydrogens is 562 g/mol. The zero-order valence-electron chi connectivity index (χ0n) is 26.2. The third-order valence-electron chi connectivity index (χ3n) is 10.2. The second kappa shape index (κ2) is 12.5. The van der Waals surface area contributed by atoms with Gasteiger partial charge in [-0.15, -0.1) is 0 Å². The molecular formula is C34H47N3O5S. The molecule has 0 unspecified atom stereocenters. The van der Waals surface area contributed by atoms with Crippen LogP contribution < -0.4 is 14.4 Å². The summed E-state index contributed by atoms with van der Waals surface area (Å²) in [6.45, 7) is 5.34. The second-order valence-corrected chi connectivity index (χ2v) is 15.3. The van der Waals surface area contributed by atoms with Crippen molar-refractivity contribution < 1.29 is 22.7 Å². The SMILES string of the molecule is CC[C@H](C)NC(=O)[C@@H](C)N(Cc1ccc(OC)cc1)C(=O)CN(c1ccc(C23CC4CC(CC(C4)C2)C3)cc1)S(C)(=O)=O. The van der Waals surface area contributed by atoms with Gasteiger partial charge in [0.1, 0.15) is 18.3 Å². The van der Waals surface area contributed by atoms with Crippen molar-refractivity contribution in [3.05, 3.63) is 59.7 Å². The topological polar surface area (TPSA) is 96.0 Å². The van der Waals surface area contributed by atoms with Crippen molar-refractivity contribution in [1.82, 2.24) is 10.2 Å². The Labute approximate surface area is 257 Å². The van der Waals surface area contributed by atoms with Crippen LogP contribution in [0.1, 0.15) is 76.8 Å². The molecule has 0 heterocycles. The average molecular weight is 610 g/mol. The highest BCUT2D eigenvalue weighted by atomic mass is 32.2. The first-order valence-corrected chi connectivity index (χ1v) is 17.6. The highest BCUT2D eigenvalue weighted by Crippen LogP contribution is 2.60. The van der Waals surface area contributed by atoms with Gasteiger partial charge in [0.05, 0.1) is 19.1 Å². The summed E-state index contributed by atoms with van der Waals surface area (Å²) < 4.78 is 32.6. The lowest BCUT2D eigenvalue weighted by Gasteiger charge is -2.57. The number of benzene rings is 2. The number of rotatable bonds is 12. The molecule has 234 valence electrons. The Bertz CT molecular complexity index is 1370. The molecule has 0 radical (unpaired) electrons. The van der Waals surface area contributed by atoms with Crippen molar-refractivity contribution >= 4 is 27.5 Å². The van der Waals surface area contributed by atoms with E-state index in [1.165, 1.54) is 53.3 Å². The molecule has 2 atom stereocenters. The average Bonchev–Trinajstić information content (AvgIpc) is 2.97. The number of anilines is 1. The van der Waals surface area contributed by atoms with Gasteiger partial charge in [-0.05, 0) is 117 Å². The predicted octanol–water partition coefficient (Wildman–Crippen LogP) is 5.26. The predicted molar refractivity (Wildman–Crippen MR) is 169 cm³/mol. The molecule has 2 aromatic rings. The van der Waals surface area contributed by atoms with Crippen molar-refractivity contribution in [3.63, 3.8) is 0 Å². The van der Waals surface area contributed by atoms with E-state index in [2.05, 4.69) is 17.4 Å². The fourth-order valence-corrected chi connectivity index (χ4v) is 8.88. The number of ether oxygens (including phenoxy) is 1. The number of sulfonamides is 1. The third-order valence-corrected chi connectivity index (χ3v) is 11.3. The summed E-state index contributed by atoms with van der Waals surface area (Å²) in [5.74, 6) is 2.40. The second-order valence-electron chi connectivity index (χ2n) is 13.4. The number of nitrogens with zero attached hydrogens (tertiary/aromatic N) is 2. The van der Waals surface area contributed by atoms with Crippen LogP contribution in [0.15, 0.2) is 48.5 Å². The zero-order chi connectivity index (χ0) is 30.9. The number of hydrogen-bond donors (Lipinski definition) is 1. The van der Waals surface area contributed by atoms with Crippen LogP contribution in [0.3, 0.4) is 0 Å². The Morgan fingerprint density at radius 3 is 2.00 bits per heavy atom. The van der Waals surface area contributed by atoms with Gasteiger partial charge >= 0.3 is 0 Å². The van der Waals surface area contributed by atoms with Gasteiger partial charge in [0, 0.05) is 12.6 Å². The van der Waals surface area contributed by atoms with Gasteiger partial charge in [-0.1, -0.05) is 31.2 Å². The van der Waals surface area contributed by atoms with E-state index in [4.69, 9.17) is 4.74 Å². The van der Waals surface area contributed by atoms with Gasteiger partial charge in [-0.25, -0.2) is 8.42 Å². The van der Waals surface area contributed by atoms with Crippen LogP contribution in [-0.2, 0) is 31.6 Å². The van der Waals surface area contributed by atoms with Gasteiger partial charge in [-0.2, -0.15) is 0 Å². The molecule has 9 heteroatoms. The lowest BCUT2D eigenvalue weighted by molar-refractivity contribution is -0.139. The molecule has 0 aromatic heterocycles. The molecule has 2 aromatic carbocycles. The largest absolute Gasteiger partial charge is 0.497 e. The van der Waals surface area contributed by atoms with Gasteiger partial charge in [0.25, 0.3) is 0 Å². The Morgan fingerprint density at radius 1 is 0.953 bits per heavy atom. The summed E-state index contributed by atoms with van der Waals surface area (Å²) in [7, 11) is -2.20.